The van der Waals surface area contributed by atoms with Crippen molar-refractivity contribution in [2.75, 3.05) is 13.1 Å². The highest BCUT2D eigenvalue weighted by Crippen LogP contribution is 2.15. The van der Waals surface area contributed by atoms with Gasteiger partial charge in [0.25, 0.3) is 5.91 Å². The first-order valence-corrected chi connectivity index (χ1v) is 16.7. The second kappa shape index (κ2) is 24.1. The summed E-state index contributed by atoms with van der Waals surface area (Å²) in [6.45, 7) is 4.52. The lowest BCUT2D eigenvalue weighted by Crippen LogP contribution is -2.32. The predicted octanol–water partition coefficient (Wildman–Crippen LogP) is 7.16. The van der Waals surface area contributed by atoms with E-state index >= 15 is 0 Å². The second-order valence-corrected chi connectivity index (χ2v) is 12.1. The first kappa shape index (κ1) is 38.8. The summed E-state index contributed by atoms with van der Waals surface area (Å²) in [6, 6.07) is 7.07. The SMILES string of the molecule is CC(=O)[C@@H](C)CCCCNC(=O)c1ccc(CN(CCC(=O)O)C(=O)CCCCCCCCCCCCCCC(=O)O)cc1. The van der Waals surface area contributed by atoms with Crippen molar-refractivity contribution in [1.29, 1.82) is 0 Å². The fourth-order valence-electron chi connectivity index (χ4n) is 5.07. The molecule has 248 valence electrons. The first-order valence-electron chi connectivity index (χ1n) is 16.7. The molecule has 0 spiro atoms. The number of unbranched alkanes of at least 4 members (excludes halogenated alkanes) is 12. The van der Waals surface area contributed by atoms with Crippen LogP contribution in [0, 0.1) is 5.92 Å². The summed E-state index contributed by atoms with van der Waals surface area (Å²) in [5, 5.41) is 20.7. The molecule has 0 aliphatic heterocycles. The number of aliphatic carboxylic acids is 2. The molecule has 0 saturated heterocycles. The van der Waals surface area contributed by atoms with Crippen LogP contribution in [0.1, 0.15) is 145 Å². The van der Waals surface area contributed by atoms with Gasteiger partial charge in [-0.25, -0.2) is 0 Å². The number of nitrogens with one attached hydrogen (secondary N) is 1. The topological polar surface area (TPSA) is 141 Å². The van der Waals surface area contributed by atoms with Crippen LogP contribution in [-0.4, -0.2) is 57.7 Å². The number of carboxylic acid groups (broad SMARTS) is 2. The molecule has 0 aliphatic carbocycles. The Morgan fingerprint density at radius 1 is 0.682 bits per heavy atom. The zero-order valence-corrected chi connectivity index (χ0v) is 27.1. The van der Waals surface area contributed by atoms with Crippen molar-refractivity contribution in [3.63, 3.8) is 0 Å². The number of rotatable bonds is 27. The summed E-state index contributed by atoms with van der Waals surface area (Å²) in [4.78, 5) is 60.0. The third-order valence-corrected chi connectivity index (χ3v) is 8.11. The predicted molar refractivity (Wildman–Crippen MR) is 172 cm³/mol. The molecule has 0 bridgehead atoms. The second-order valence-electron chi connectivity index (χ2n) is 12.1. The maximum absolute atomic E-state index is 12.9. The summed E-state index contributed by atoms with van der Waals surface area (Å²) in [5.74, 6) is -1.63. The van der Waals surface area contributed by atoms with Gasteiger partial charge in [-0.3, -0.25) is 24.0 Å². The molecule has 9 heteroatoms. The van der Waals surface area contributed by atoms with E-state index in [1.54, 1.807) is 24.0 Å². The molecular weight excluding hydrogens is 560 g/mol. The van der Waals surface area contributed by atoms with E-state index in [4.69, 9.17) is 10.2 Å². The number of hydrogen-bond donors (Lipinski definition) is 3. The molecule has 0 saturated carbocycles. The molecule has 1 aromatic carbocycles. The zero-order chi connectivity index (χ0) is 32.6. The van der Waals surface area contributed by atoms with Gasteiger partial charge >= 0.3 is 11.9 Å². The fourth-order valence-corrected chi connectivity index (χ4v) is 5.07. The van der Waals surface area contributed by atoms with Crippen molar-refractivity contribution in [1.82, 2.24) is 10.2 Å². The van der Waals surface area contributed by atoms with E-state index in [0.717, 1.165) is 69.8 Å². The standard InChI is InChI=1S/C35H56N2O7/c1-28(29(2)38)17-15-16-25-36-35(44)31-22-20-30(21-23-31)27-37(26-24-34(42)43)32(39)18-13-11-9-7-5-3-4-6-8-10-12-14-19-33(40)41/h20-23,28H,3-19,24-27H2,1-2H3,(H,36,44)(H,40,41)(H,42,43)/t28-/m0/s1. The van der Waals surface area contributed by atoms with Gasteiger partial charge in [0, 0.05) is 44.0 Å². The van der Waals surface area contributed by atoms with Crippen molar-refractivity contribution in [3.8, 4) is 0 Å². The van der Waals surface area contributed by atoms with E-state index in [2.05, 4.69) is 5.32 Å². The molecule has 1 rings (SSSR count). The highest BCUT2D eigenvalue weighted by molar-refractivity contribution is 5.94. The Kier molecular flexibility index (Phi) is 21.3. The molecule has 3 N–H and O–H groups in total. The lowest BCUT2D eigenvalue weighted by atomic mass is 10.0. The highest BCUT2D eigenvalue weighted by atomic mass is 16.4. The van der Waals surface area contributed by atoms with Gasteiger partial charge in [-0.15, -0.1) is 0 Å². The van der Waals surface area contributed by atoms with Crippen LogP contribution < -0.4 is 5.32 Å². The summed E-state index contributed by atoms with van der Waals surface area (Å²) < 4.78 is 0. The third-order valence-electron chi connectivity index (χ3n) is 8.11. The summed E-state index contributed by atoms with van der Waals surface area (Å²) >= 11 is 0. The van der Waals surface area contributed by atoms with Crippen molar-refractivity contribution in [3.05, 3.63) is 35.4 Å². The quantitative estimate of drug-likeness (QED) is 0.0891. The van der Waals surface area contributed by atoms with E-state index in [0.29, 0.717) is 25.1 Å². The number of amides is 2. The lowest BCUT2D eigenvalue weighted by Gasteiger charge is -2.22. The minimum atomic E-state index is -0.941. The van der Waals surface area contributed by atoms with Crippen LogP contribution in [0.3, 0.4) is 0 Å². The molecule has 1 atom stereocenters. The van der Waals surface area contributed by atoms with Crippen molar-refractivity contribution in [2.24, 2.45) is 5.92 Å². The molecule has 44 heavy (non-hydrogen) atoms. The maximum atomic E-state index is 12.9. The van der Waals surface area contributed by atoms with Crippen LogP contribution in [0.5, 0.6) is 0 Å². The molecule has 0 aliphatic rings. The van der Waals surface area contributed by atoms with Crippen LogP contribution in [0.2, 0.25) is 0 Å². The molecule has 0 aromatic heterocycles. The molecule has 0 heterocycles. The van der Waals surface area contributed by atoms with Crippen molar-refractivity contribution >= 4 is 29.5 Å². The number of ketones is 1. The van der Waals surface area contributed by atoms with Crippen LogP contribution in [0.15, 0.2) is 24.3 Å². The number of hydrogen-bond acceptors (Lipinski definition) is 5. The minimum Gasteiger partial charge on any atom is -0.481 e. The van der Waals surface area contributed by atoms with Gasteiger partial charge in [-0.2, -0.15) is 0 Å². The Hall–Kier alpha value is -3.23. The van der Waals surface area contributed by atoms with E-state index < -0.39 is 11.9 Å². The molecule has 2 amide bonds. The zero-order valence-electron chi connectivity index (χ0n) is 27.1. The molecule has 1 aromatic rings. The molecular formula is C35H56N2O7. The summed E-state index contributed by atoms with van der Waals surface area (Å²) in [5.41, 5.74) is 1.38. The van der Waals surface area contributed by atoms with E-state index in [9.17, 15) is 24.0 Å². The van der Waals surface area contributed by atoms with Gasteiger partial charge in [0.05, 0.1) is 6.42 Å². The van der Waals surface area contributed by atoms with Gasteiger partial charge in [0.2, 0.25) is 5.91 Å². The number of Topliss-reactive ketones (excluding diaryl/α,β-unsaturated/α-hetero) is 1. The smallest absolute Gasteiger partial charge is 0.305 e. The van der Waals surface area contributed by atoms with Gasteiger partial charge < -0.3 is 20.4 Å². The molecule has 9 nitrogen and oxygen atoms in total. The molecule has 0 unspecified atom stereocenters. The average molecular weight is 617 g/mol. The Labute approximate surface area is 264 Å². The number of nitrogens with zero attached hydrogens (tertiary/aromatic N) is 1. The molecule has 0 fully saturated rings. The fraction of sp³-hybridized carbons (Fsp3) is 0.686. The molecule has 0 radical (unpaired) electrons. The van der Waals surface area contributed by atoms with Gasteiger partial charge in [0.15, 0.2) is 0 Å². The van der Waals surface area contributed by atoms with E-state index in [1.807, 2.05) is 19.1 Å². The van der Waals surface area contributed by atoms with Crippen molar-refractivity contribution < 1.29 is 34.2 Å². The van der Waals surface area contributed by atoms with Crippen LogP contribution in [0.25, 0.3) is 0 Å². The van der Waals surface area contributed by atoms with Crippen LogP contribution in [-0.2, 0) is 25.7 Å². The number of carbonyl (C=O) groups is 5. The Balaban J connectivity index is 2.31. The normalized spacial score (nSPS) is 11.6. The largest absolute Gasteiger partial charge is 0.481 e. The Bertz CT molecular complexity index is 993. The van der Waals surface area contributed by atoms with Gasteiger partial charge in [0.1, 0.15) is 5.78 Å². The summed E-state index contributed by atoms with van der Waals surface area (Å²) in [6.07, 6.45) is 15.9. The van der Waals surface area contributed by atoms with E-state index in [-0.39, 0.29) is 42.9 Å². The summed E-state index contributed by atoms with van der Waals surface area (Å²) in [7, 11) is 0. The average Bonchev–Trinajstić information content (AvgIpc) is 2.98. The minimum absolute atomic E-state index is 0.0458. The lowest BCUT2D eigenvalue weighted by molar-refractivity contribution is -0.139. The maximum Gasteiger partial charge on any atom is 0.305 e. The van der Waals surface area contributed by atoms with Crippen LogP contribution >= 0.6 is 0 Å². The third kappa shape index (κ3) is 19.9. The van der Waals surface area contributed by atoms with Gasteiger partial charge in [-0.1, -0.05) is 89.7 Å². The first-order chi connectivity index (χ1) is 21.1. The number of carbonyl (C=O) groups excluding carboxylic acids is 3. The van der Waals surface area contributed by atoms with Gasteiger partial charge in [-0.05, 0) is 50.3 Å². The Morgan fingerprint density at radius 3 is 1.68 bits per heavy atom. The van der Waals surface area contributed by atoms with Crippen molar-refractivity contribution in [2.45, 2.75) is 136 Å². The number of benzene rings is 1. The Morgan fingerprint density at radius 2 is 1.18 bits per heavy atom. The monoisotopic (exact) mass is 616 g/mol. The highest BCUT2D eigenvalue weighted by Gasteiger charge is 2.16. The van der Waals surface area contributed by atoms with Crippen LogP contribution in [0.4, 0.5) is 0 Å². The number of carboxylic acids is 2. The van der Waals surface area contributed by atoms with E-state index in [1.165, 1.54) is 32.1 Å².